The SMILES string of the molecule is CCOc1c(/C(C)=C/C(=O)N2CCOCC2)cc2c(-c3cccc(Br)c3)coc2c1C. The molecule has 1 fully saturated rings. The van der Waals surface area contributed by atoms with E-state index >= 15 is 0 Å². The number of hydrogen-bond donors (Lipinski definition) is 0. The van der Waals surface area contributed by atoms with Gasteiger partial charge < -0.3 is 18.8 Å². The number of amides is 1. The zero-order valence-corrected chi connectivity index (χ0v) is 19.6. The molecule has 1 saturated heterocycles. The van der Waals surface area contributed by atoms with Crippen LogP contribution in [0.2, 0.25) is 0 Å². The van der Waals surface area contributed by atoms with Crippen molar-refractivity contribution in [3.8, 4) is 16.9 Å². The highest BCUT2D eigenvalue weighted by Gasteiger charge is 2.20. The van der Waals surface area contributed by atoms with Crippen molar-refractivity contribution in [2.75, 3.05) is 32.9 Å². The van der Waals surface area contributed by atoms with Gasteiger partial charge in [-0.25, -0.2) is 0 Å². The van der Waals surface area contributed by atoms with Gasteiger partial charge in [0.2, 0.25) is 5.91 Å². The molecule has 0 bridgehead atoms. The number of fused-ring (bicyclic) bond motifs is 1. The normalized spacial score (nSPS) is 14.8. The van der Waals surface area contributed by atoms with E-state index in [-0.39, 0.29) is 5.91 Å². The van der Waals surface area contributed by atoms with E-state index in [0.717, 1.165) is 49.0 Å². The Kier molecular flexibility index (Phi) is 6.49. The predicted octanol–water partition coefficient (Wildman–Crippen LogP) is 5.83. The Labute approximate surface area is 190 Å². The molecule has 0 radical (unpaired) electrons. The van der Waals surface area contributed by atoms with Crippen LogP contribution in [-0.4, -0.2) is 43.7 Å². The molecule has 0 N–H and O–H groups in total. The van der Waals surface area contributed by atoms with Gasteiger partial charge in [0.25, 0.3) is 0 Å². The summed E-state index contributed by atoms with van der Waals surface area (Å²) >= 11 is 3.55. The summed E-state index contributed by atoms with van der Waals surface area (Å²) < 4.78 is 18.3. The van der Waals surface area contributed by atoms with E-state index in [1.165, 1.54) is 0 Å². The Balaban J connectivity index is 1.82. The van der Waals surface area contributed by atoms with E-state index in [4.69, 9.17) is 13.9 Å². The Hall–Kier alpha value is -2.57. The second kappa shape index (κ2) is 9.28. The summed E-state index contributed by atoms with van der Waals surface area (Å²) in [5.41, 5.74) is 5.58. The number of carbonyl (C=O) groups excluding carboxylic acids is 1. The number of benzene rings is 2. The fourth-order valence-corrected chi connectivity index (χ4v) is 4.36. The van der Waals surface area contributed by atoms with Crippen molar-refractivity contribution in [1.82, 2.24) is 4.90 Å². The van der Waals surface area contributed by atoms with Crippen LogP contribution < -0.4 is 4.74 Å². The van der Waals surface area contributed by atoms with Crippen molar-refractivity contribution >= 4 is 38.4 Å². The van der Waals surface area contributed by atoms with Gasteiger partial charge in [-0.15, -0.1) is 0 Å². The van der Waals surface area contributed by atoms with Crippen LogP contribution in [0.3, 0.4) is 0 Å². The Bertz CT molecular complexity index is 1140. The molecule has 3 aromatic rings. The summed E-state index contributed by atoms with van der Waals surface area (Å²) in [5, 5.41) is 1.00. The van der Waals surface area contributed by atoms with E-state index in [2.05, 4.69) is 34.1 Å². The largest absolute Gasteiger partial charge is 0.493 e. The Morgan fingerprint density at radius 2 is 2.03 bits per heavy atom. The predicted molar refractivity (Wildman–Crippen MR) is 126 cm³/mol. The standard InChI is InChI=1S/C25H26BrNO4/c1-4-30-24-17(3)25-21(22(15-31-25)18-6-5-7-19(26)13-18)14-20(24)16(2)12-23(28)27-8-10-29-11-9-27/h5-7,12-15H,4,8-11H2,1-3H3/b16-12+. The van der Waals surface area contributed by atoms with Crippen LogP contribution in [0.15, 0.2) is 51.6 Å². The molecule has 1 aromatic heterocycles. The number of halogens is 1. The number of rotatable bonds is 5. The minimum atomic E-state index is 0.000375. The number of morpholine rings is 1. The molecule has 5 nitrogen and oxygen atoms in total. The lowest BCUT2D eigenvalue weighted by atomic mass is 9.96. The van der Waals surface area contributed by atoms with E-state index in [9.17, 15) is 4.79 Å². The fraction of sp³-hybridized carbons (Fsp3) is 0.320. The Morgan fingerprint density at radius 1 is 1.26 bits per heavy atom. The van der Waals surface area contributed by atoms with Gasteiger partial charge in [-0.05, 0) is 50.1 Å². The highest BCUT2D eigenvalue weighted by atomic mass is 79.9. The maximum Gasteiger partial charge on any atom is 0.247 e. The summed E-state index contributed by atoms with van der Waals surface area (Å²) in [5.74, 6) is 0.758. The highest BCUT2D eigenvalue weighted by molar-refractivity contribution is 9.10. The summed E-state index contributed by atoms with van der Waals surface area (Å²) in [6.07, 6.45) is 3.49. The number of carbonyl (C=O) groups is 1. The van der Waals surface area contributed by atoms with Crippen LogP contribution in [0.25, 0.3) is 27.7 Å². The molecule has 2 heterocycles. The second-order valence-electron chi connectivity index (χ2n) is 7.61. The van der Waals surface area contributed by atoms with Gasteiger partial charge in [0.1, 0.15) is 11.3 Å². The van der Waals surface area contributed by atoms with Gasteiger partial charge in [-0.2, -0.15) is 0 Å². The molecule has 0 aliphatic carbocycles. The van der Waals surface area contributed by atoms with Crippen molar-refractivity contribution in [3.63, 3.8) is 0 Å². The van der Waals surface area contributed by atoms with Crippen molar-refractivity contribution < 1.29 is 18.7 Å². The minimum Gasteiger partial charge on any atom is -0.493 e. The summed E-state index contributed by atoms with van der Waals surface area (Å²) in [6, 6.07) is 10.2. The van der Waals surface area contributed by atoms with E-state index in [0.29, 0.717) is 32.9 Å². The number of aryl methyl sites for hydroxylation is 1. The van der Waals surface area contributed by atoms with Gasteiger partial charge in [-0.3, -0.25) is 4.79 Å². The fourth-order valence-electron chi connectivity index (χ4n) is 3.96. The number of hydrogen-bond acceptors (Lipinski definition) is 4. The first kappa shape index (κ1) is 21.7. The van der Waals surface area contributed by atoms with Crippen LogP contribution in [0, 0.1) is 6.92 Å². The molecule has 4 rings (SSSR count). The maximum atomic E-state index is 12.8. The lowest BCUT2D eigenvalue weighted by Gasteiger charge is -2.26. The van der Waals surface area contributed by atoms with Crippen LogP contribution in [0.5, 0.6) is 5.75 Å². The first-order valence-corrected chi connectivity index (χ1v) is 11.3. The molecule has 1 aliphatic heterocycles. The van der Waals surface area contributed by atoms with Gasteiger partial charge in [-0.1, -0.05) is 28.1 Å². The van der Waals surface area contributed by atoms with Crippen LogP contribution >= 0.6 is 15.9 Å². The highest BCUT2D eigenvalue weighted by Crippen LogP contribution is 2.41. The monoisotopic (exact) mass is 483 g/mol. The summed E-state index contributed by atoms with van der Waals surface area (Å²) in [4.78, 5) is 14.6. The third-order valence-electron chi connectivity index (χ3n) is 5.56. The quantitative estimate of drug-likeness (QED) is 0.428. The second-order valence-corrected chi connectivity index (χ2v) is 8.53. The van der Waals surface area contributed by atoms with Crippen LogP contribution in [0.4, 0.5) is 0 Å². The molecule has 1 amide bonds. The smallest absolute Gasteiger partial charge is 0.247 e. The molecular weight excluding hydrogens is 458 g/mol. The zero-order valence-electron chi connectivity index (χ0n) is 18.0. The molecule has 0 saturated carbocycles. The molecule has 6 heteroatoms. The van der Waals surface area contributed by atoms with Crippen molar-refractivity contribution in [2.24, 2.45) is 0 Å². The lowest BCUT2D eigenvalue weighted by Crippen LogP contribution is -2.39. The van der Waals surface area contributed by atoms with Gasteiger partial charge >= 0.3 is 0 Å². The number of furan rings is 1. The Morgan fingerprint density at radius 3 is 2.74 bits per heavy atom. The van der Waals surface area contributed by atoms with Crippen molar-refractivity contribution in [1.29, 1.82) is 0 Å². The third-order valence-corrected chi connectivity index (χ3v) is 6.05. The average Bonchev–Trinajstić information content (AvgIpc) is 3.20. The van der Waals surface area contributed by atoms with Crippen molar-refractivity contribution in [3.05, 3.63) is 58.3 Å². The first-order valence-electron chi connectivity index (χ1n) is 10.5. The molecule has 0 atom stereocenters. The van der Waals surface area contributed by atoms with Crippen LogP contribution in [0.1, 0.15) is 25.0 Å². The number of nitrogens with zero attached hydrogens (tertiary/aromatic N) is 1. The van der Waals surface area contributed by atoms with Crippen molar-refractivity contribution in [2.45, 2.75) is 20.8 Å². The molecule has 0 unspecified atom stereocenters. The molecule has 162 valence electrons. The maximum absolute atomic E-state index is 12.8. The van der Waals surface area contributed by atoms with E-state index < -0.39 is 0 Å². The number of ether oxygens (including phenoxy) is 2. The third kappa shape index (κ3) is 4.41. The van der Waals surface area contributed by atoms with Gasteiger partial charge in [0.05, 0.1) is 26.1 Å². The lowest BCUT2D eigenvalue weighted by molar-refractivity contribution is -0.129. The topological polar surface area (TPSA) is 51.9 Å². The van der Waals surface area contributed by atoms with E-state index in [1.54, 1.807) is 12.3 Å². The average molecular weight is 484 g/mol. The summed E-state index contributed by atoms with van der Waals surface area (Å²) in [6.45, 7) is 8.85. The first-order chi connectivity index (χ1) is 15.0. The minimum absolute atomic E-state index is 0.000375. The van der Waals surface area contributed by atoms with Gasteiger partial charge in [0, 0.05) is 45.7 Å². The molecule has 2 aromatic carbocycles. The molecular formula is C25H26BrNO4. The summed E-state index contributed by atoms with van der Waals surface area (Å²) in [7, 11) is 0. The van der Waals surface area contributed by atoms with E-state index in [1.807, 2.05) is 37.8 Å². The number of allylic oxidation sites excluding steroid dienone is 1. The van der Waals surface area contributed by atoms with Gasteiger partial charge in [0.15, 0.2) is 0 Å². The zero-order chi connectivity index (χ0) is 22.0. The van der Waals surface area contributed by atoms with Crippen LogP contribution in [-0.2, 0) is 9.53 Å². The molecule has 31 heavy (non-hydrogen) atoms. The molecule has 0 spiro atoms. The molecule has 1 aliphatic rings.